The summed E-state index contributed by atoms with van der Waals surface area (Å²) in [5.74, 6) is 1.03. The summed E-state index contributed by atoms with van der Waals surface area (Å²) in [5, 5.41) is 8.82. The van der Waals surface area contributed by atoms with E-state index >= 15 is 0 Å². The number of aryl methyl sites for hydroxylation is 1. The molecule has 0 saturated carbocycles. The first-order valence-electron chi connectivity index (χ1n) is 9.91. The number of halogens is 1. The van der Waals surface area contributed by atoms with Crippen molar-refractivity contribution < 1.29 is 9.18 Å². The number of hydrogen-bond donors (Lipinski definition) is 0. The number of rotatable bonds is 5. The summed E-state index contributed by atoms with van der Waals surface area (Å²) in [7, 11) is 0. The highest BCUT2D eigenvalue weighted by Gasteiger charge is 2.22. The van der Waals surface area contributed by atoms with E-state index in [1.54, 1.807) is 12.1 Å². The van der Waals surface area contributed by atoms with Crippen LogP contribution in [0.5, 0.6) is 0 Å². The summed E-state index contributed by atoms with van der Waals surface area (Å²) in [6.45, 7) is 4.83. The molecular weight excluding hydrogens is 399 g/mol. The summed E-state index contributed by atoms with van der Waals surface area (Å²) in [4.78, 5) is 17.4. The van der Waals surface area contributed by atoms with Gasteiger partial charge in [0.05, 0.1) is 11.4 Å². The Hall–Kier alpha value is -2.93. The maximum Gasteiger partial charge on any atom is 0.233 e. The second-order valence-corrected chi connectivity index (χ2v) is 8.25. The van der Waals surface area contributed by atoms with Crippen molar-refractivity contribution in [2.75, 3.05) is 36.8 Å². The van der Waals surface area contributed by atoms with Gasteiger partial charge in [0.2, 0.25) is 5.91 Å². The zero-order valence-electron chi connectivity index (χ0n) is 16.8. The van der Waals surface area contributed by atoms with Gasteiger partial charge in [0.15, 0.2) is 5.82 Å². The third kappa shape index (κ3) is 4.79. The first kappa shape index (κ1) is 20.3. The molecule has 1 saturated heterocycles. The largest absolute Gasteiger partial charge is 0.352 e. The molecule has 0 N–H and O–H groups in total. The minimum atomic E-state index is -0.267. The fourth-order valence-corrected chi connectivity index (χ4v) is 4.25. The number of carbonyl (C=O) groups excluding carboxylic acids is 1. The van der Waals surface area contributed by atoms with Gasteiger partial charge in [-0.25, -0.2) is 4.39 Å². The molecule has 0 aliphatic carbocycles. The summed E-state index contributed by atoms with van der Waals surface area (Å²) >= 11 is 1.43. The third-order valence-electron chi connectivity index (χ3n) is 5.20. The number of aromatic nitrogens is 2. The molecule has 7 heteroatoms. The molecule has 0 radical (unpaired) electrons. The molecule has 1 aliphatic heterocycles. The quantitative estimate of drug-likeness (QED) is 0.581. The molecule has 0 bridgehead atoms. The van der Waals surface area contributed by atoms with Crippen LogP contribution in [0.4, 0.5) is 10.2 Å². The number of nitrogens with zero attached hydrogens (tertiary/aromatic N) is 4. The van der Waals surface area contributed by atoms with Crippen LogP contribution in [-0.4, -0.2) is 52.9 Å². The summed E-state index contributed by atoms with van der Waals surface area (Å²) < 4.78 is 13.0. The van der Waals surface area contributed by atoms with Crippen molar-refractivity contribution in [1.29, 1.82) is 0 Å². The zero-order chi connectivity index (χ0) is 20.9. The van der Waals surface area contributed by atoms with Gasteiger partial charge in [0, 0.05) is 36.6 Å². The van der Waals surface area contributed by atoms with E-state index < -0.39 is 0 Å². The molecule has 154 valence electrons. The predicted molar refractivity (Wildman–Crippen MR) is 118 cm³/mol. The summed E-state index contributed by atoms with van der Waals surface area (Å²) in [5.41, 5.74) is 3.12. The Morgan fingerprint density at radius 3 is 2.37 bits per heavy atom. The monoisotopic (exact) mass is 422 g/mol. The van der Waals surface area contributed by atoms with Crippen molar-refractivity contribution in [3.63, 3.8) is 0 Å². The van der Waals surface area contributed by atoms with Crippen LogP contribution in [0.3, 0.4) is 0 Å². The Morgan fingerprint density at radius 1 is 0.967 bits per heavy atom. The lowest BCUT2D eigenvalue weighted by Gasteiger charge is -2.35. The molecule has 1 aliphatic rings. The van der Waals surface area contributed by atoms with Crippen LogP contribution < -0.4 is 4.90 Å². The fourth-order valence-electron chi connectivity index (χ4n) is 3.45. The van der Waals surface area contributed by atoms with Crippen LogP contribution in [-0.2, 0) is 4.79 Å². The Morgan fingerprint density at radius 2 is 1.70 bits per heavy atom. The van der Waals surface area contributed by atoms with E-state index in [4.69, 9.17) is 0 Å². The van der Waals surface area contributed by atoms with E-state index in [0.717, 1.165) is 35.1 Å². The normalized spacial score (nSPS) is 14.1. The smallest absolute Gasteiger partial charge is 0.233 e. The lowest BCUT2D eigenvalue weighted by molar-refractivity contribution is -0.128. The van der Waals surface area contributed by atoms with E-state index in [2.05, 4.69) is 28.1 Å². The van der Waals surface area contributed by atoms with Crippen LogP contribution >= 0.6 is 11.8 Å². The Balaban J connectivity index is 1.30. The fraction of sp³-hybridized carbons (Fsp3) is 0.261. The van der Waals surface area contributed by atoms with Gasteiger partial charge < -0.3 is 9.80 Å². The molecule has 0 spiro atoms. The number of benzene rings is 2. The van der Waals surface area contributed by atoms with Gasteiger partial charge in [0.25, 0.3) is 0 Å². The van der Waals surface area contributed by atoms with Gasteiger partial charge in [-0.1, -0.05) is 24.3 Å². The molecule has 1 fully saturated rings. The molecule has 3 aromatic rings. The topological polar surface area (TPSA) is 49.3 Å². The second-order valence-electron chi connectivity index (χ2n) is 7.20. The predicted octanol–water partition coefficient (Wildman–Crippen LogP) is 4.03. The first-order chi connectivity index (χ1) is 14.6. The van der Waals surface area contributed by atoms with Gasteiger partial charge in [-0.15, -0.1) is 22.0 Å². The Kier molecular flexibility index (Phi) is 6.28. The van der Waals surface area contributed by atoms with Crippen molar-refractivity contribution in [3.05, 3.63) is 72.0 Å². The van der Waals surface area contributed by atoms with E-state index in [1.165, 1.54) is 29.5 Å². The number of anilines is 1. The maximum atomic E-state index is 13.0. The number of amides is 1. The van der Waals surface area contributed by atoms with Crippen LogP contribution in [0.25, 0.3) is 11.3 Å². The molecule has 1 aromatic heterocycles. The molecular formula is C23H23FN4OS. The number of thioether (sulfide) groups is 1. The third-order valence-corrected chi connectivity index (χ3v) is 6.20. The Labute approximate surface area is 179 Å². The molecule has 2 aromatic carbocycles. The number of carbonyl (C=O) groups is 1. The van der Waals surface area contributed by atoms with Crippen LogP contribution in [0.1, 0.15) is 5.56 Å². The SMILES string of the molecule is Cc1ccccc1-c1ccc(N2CCN(C(=O)CSc3ccc(F)cc3)CC2)nn1. The first-order valence-corrected chi connectivity index (χ1v) is 10.9. The van der Waals surface area contributed by atoms with E-state index in [0.29, 0.717) is 18.8 Å². The van der Waals surface area contributed by atoms with Crippen molar-refractivity contribution in [2.45, 2.75) is 11.8 Å². The highest BCUT2D eigenvalue weighted by molar-refractivity contribution is 8.00. The van der Waals surface area contributed by atoms with Crippen molar-refractivity contribution in [2.24, 2.45) is 0 Å². The maximum absolute atomic E-state index is 13.0. The molecule has 4 rings (SSSR count). The molecule has 1 amide bonds. The summed E-state index contributed by atoms with van der Waals surface area (Å²) in [6.07, 6.45) is 0. The van der Waals surface area contributed by atoms with Crippen molar-refractivity contribution in [3.8, 4) is 11.3 Å². The van der Waals surface area contributed by atoms with Gasteiger partial charge in [-0.3, -0.25) is 4.79 Å². The molecule has 0 unspecified atom stereocenters. The summed E-state index contributed by atoms with van der Waals surface area (Å²) in [6, 6.07) is 18.4. The van der Waals surface area contributed by atoms with Gasteiger partial charge in [-0.2, -0.15) is 0 Å². The molecule has 2 heterocycles. The van der Waals surface area contributed by atoms with E-state index in [1.807, 2.05) is 35.2 Å². The molecule has 0 atom stereocenters. The van der Waals surface area contributed by atoms with Gasteiger partial charge in [0.1, 0.15) is 5.82 Å². The zero-order valence-corrected chi connectivity index (χ0v) is 17.6. The van der Waals surface area contributed by atoms with Crippen LogP contribution in [0.2, 0.25) is 0 Å². The average Bonchev–Trinajstić information content (AvgIpc) is 2.79. The van der Waals surface area contributed by atoms with Crippen molar-refractivity contribution in [1.82, 2.24) is 15.1 Å². The second kappa shape index (κ2) is 9.26. The lowest BCUT2D eigenvalue weighted by Crippen LogP contribution is -2.49. The van der Waals surface area contributed by atoms with E-state index in [9.17, 15) is 9.18 Å². The number of hydrogen-bond acceptors (Lipinski definition) is 5. The minimum Gasteiger partial charge on any atom is -0.352 e. The van der Waals surface area contributed by atoms with Crippen LogP contribution in [0.15, 0.2) is 65.6 Å². The number of piperazine rings is 1. The Bertz CT molecular complexity index is 1000. The van der Waals surface area contributed by atoms with Gasteiger partial charge in [-0.05, 0) is 48.9 Å². The minimum absolute atomic E-state index is 0.102. The standard InChI is InChI=1S/C23H23FN4OS/c1-17-4-2-3-5-20(17)21-10-11-22(26-25-21)27-12-14-28(15-13-27)23(29)16-30-19-8-6-18(24)7-9-19/h2-11H,12-16H2,1H3. The lowest BCUT2D eigenvalue weighted by atomic mass is 10.1. The van der Waals surface area contributed by atoms with E-state index in [-0.39, 0.29) is 11.7 Å². The van der Waals surface area contributed by atoms with Gasteiger partial charge >= 0.3 is 0 Å². The highest BCUT2D eigenvalue weighted by atomic mass is 32.2. The van der Waals surface area contributed by atoms with Crippen LogP contribution in [0, 0.1) is 12.7 Å². The molecule has 30 heavy (non-hydrogen) atoms. The van der Waals surface area contributed by atoms with Crippen molar-refractivity contribution >= 4 is 23.5 Å². The molecule has 5 nitrogen and oxygen atoms in total. The highest BCUT2D eigenvalue weighted by Crippen LogP contribution is 2.23. The average molecular weight is 423 g/mol.